The molecule has 3 heteroatoms. The standard InChI is InChI=1S/C11H15NO2/c1-12(2)8-7-9-5-3-4-6-10(9)11(13)14/h3-6H,7-8H2,1-2H3,(H,13,14)/p-1. The van der Waals surface area contributed by atoms with Crippen LogP contribution in [0.1, 0.15) is 15.9 Å². The van der Waals surface area contributed by atoms with Crippen molar-refractivity contribution in [2.24, 2.45) is 0 Å². The third kappa shape index (κ3) is 2.85. The average molecular weight is 192 g/mol. The van der Waals surface area contributed by atoms with E-state index in [0.717, 1.165) is 18.5 Å². The molecule has 14 heavy (non-hydrogen) atoms. The Hall–Kier alpha value is -1.35. The van der Waals surface area contributed by atoms with E-state index in [9.17, 15) is 9.90 Å². The lowest BCUT2D eigenvalue weighted by Gasteiger charge is -2.13. The number of hydrogen-bond donors (Lipinski definition) is 0. The zero-order chi connectivity index (χ0) is 10.6. The summed E-state index contributed by atoms with van der Waals surface area (Å²) >= 11 is 0. The van der Waals surface area contributed by atoms with E-state index in [1.807, 2.05) is 31.1 Å². The van der Waals surface area contributed by atoms with Crippen molar-refractivity contribution in [2.75, 3.05) is 20.6 Å². The lowest BCUT2D eigenvalue weighted by molar-refractivity contribution is -0.255. The van der Waals surface area contributed by atoms with Crippen molar-refractivity contribution in [3.05, 3.63) is 35.4 Å². The lowest BCUT2D eigenvalue weighted by atomic mass is 10.0. The molecule has 0 radical (unpaired) electrons. The Morgan fingerprint density at radius 2 is 2.00 bits per heavy atom. The van der Waals surface area contributed by atoms with Crippen LogP contribution < -0.4 is 5.11 Å². The number of carbonyl (C=O) groups excluding carboxylic acids is 1. The van der Waals surface area contributed by atoms with E-state index < -0.39 is 5.97 Å². The maximum Gasteiger partial charge on any atom is 0.0718 e. The first-order valence-electron chi connectivity index (χ1n) is 4.55. The molecule has 1 rings (SSSR count). The molecule has 76 valence electrons. The maximum atomic E-state index is 10.7. The normalized spacial score (nSPS) is 10.5. The molecule has 0 atom stereocenters. The number of benzene rings is 1. The largest absolute Gasteiger partial charge is 0.545 e. The van der Waals surface area contributed by atoms with Gasteiger partial charge in [0, 0.05) is 12.1 Å². The van der Waals surface area contributed by atoms with Crippen LogP contribution in [0.2, 0.25) is 0 Å². The van der Waals surface area contributed by atoms with Crippen LogP contribution in [0.3, 0.4) is 0 Å². The Bertz CT molecular complexity index is 321. The van der Waals surface area contributed by atoms with Gasteiger partial charge in [-0.3, -0.25) is 0 Å². The van der Waals surface area contributed by atoms with Gasteiger partial charge in [-0.25, -0.2) is 0 Å². The average Bonchev–Trinajstić information content (AvgIpc) is 2.15. The fourth-order valence-electron chi connectivity index (χ4n) is 1.28. The summed E-state index contributed by atoms with van der Waals surface area (Å²) in [4.78, 5) is 12.8. The SMILES string of the molecule is CN(C)CCc1ccccc1C(=O)[O-]. The maximum absolute atomic E-state index is 10.7. The van der Waals surface area contributed by atoms with Gasteiger partial charge in [-0.05, 0) is 26.1 Å². The van der Waals surface area contributed by atoms with E-state index in [0.29, 0.717) is 5.56 Å². The van der Waals surface area contributed by atoms with Gasteiger partial charge in [0.15, 0.2) is 0 Å². The Morgan fingerprint density at radius 1 is 1.36 bits per heavy atom. The second-order valence-corrected chi connectivity index (χ2v) is 3.50. The highest BCUT2D eigenvalue weighted by Crippen LogP contribution is 2.08. The Labute approximate surface area is 84.0 Å². The van der Waals surface area contributed by atoms with E-state index >= 15 is 0 Å². The summed E-state index contributed by atoms with van der Waals surface area (Å²) in [5.41, 5.74) is 1.13. The fraction of sp³-hybridized carbons (Fsp3) is 0.364. The van der Waals surface area contributed by atoms with Gasteiger partial charge in [0.2, 0.25) is 0 Å². The summed E-state index contributed by atoms with van der Waals surface area (Å²) in [7, 11) is 3.92. The number of nitrogens with zero attached hydrogens (tertiary/aromatic N) is 1. The second-order valence-electron chi connectivity index (χ2n) is 3.50. The second kappa shape index (κ2) is 4.77. The van der Waals surface area contributed by atoms with Crippen molar-refractivity contribution in [2.45, 2.75) is 6.42 Å². The van der Waals surface area contributed by atoms with Gasteiger partial charge < -0.3 is 14.8 Å². The molecular formula is C11H14NO2-. The predicted octanol–water partition coefficient (Wildman–Crippen LogP) is 0.154. The van der Waals surface area contributed by atoms with Gasteiger partial charge in [0.1, 0.15) is 0 Å². The third-order valence-electron chi connectivity index (χ3n) is 2.07. The van der Waals surface area contributed by atoms with Crippen molar-refractivity contribution in [3.63, 3.8) is 0 Å². The molecule has 0 amide bonds. The van der Waals surface area contributed by atoms with Crippen molar-refractivity contribution >= 4 is 5.97 Å². The van der Waals surface area contributed by atoms with Crippen LogP contribution in [0.4, 0.5) is 0 Å². The summed E-state index contributed by atoms with van der Waals surface area (Å²) in [5.74, 6) is -1.10. The molecule has 0 aliphatic heterocycles. The van der Waals surface area contributed by atoms with Crippen molar-refractivity contribution < 1.29 is 9.90 Å². The molecule has 0 saturated carbocycles. The predicted molar refractivity (Wildman–Crippen MR) is 53.0 cm³/mol. The number of hydrogen-bond acceptors (Lipinski definition) is 3. The number of carboxylic acids is 1. The molecule has 0 aliphatic rings. The summed E-state index contributed by atoms with van der Waals surface area (Å²) < 4.78 is 0. The zero-order valence-electron chi connectivity index (χ0n) is 8.49. The van der Waals surface area contributed by atoms with Crippen LogP contribution in [-0.2, 0) is 6.42 Å². The minimum Gasteiger partial charge on any atom is -0.545 e. The van der Waals surface area contributed by atoms with Crippen LogP contribution in [0, 0.1) is 0 Å². The van der Waals surface area contributed by atoms with Crippen LogP contribution >= 0.6 is 0 Å². The Balaban J connectivity index is 2.79. The zero-order valence-corrected chi connectivity index (χ0v) is 8.49. The third-order valence-corrected chi connectivity index (χ3v) is 2.07. The van der Waals surface area contributed by atoms with E-state index in [-0.39, 0.29) is 0 Å². The minimum absolute atomic E-state index is 0.300. The van der Waals surface area contributed by atoms with Crippen molar-refractivity contribution in [1.82, 2.24) is 4.90 Å². The van der Waals surface area contributed by atoms with Crippen LogP contribution in [-0.4, -0.2) is 31.5 Å². The summed E-state index contributed by atoms with van der Waals surface area (Å²) in [6, 6.07) is 6.97. The van der Waals surface area contributed by atoms with Gasteiger partial charge in [-0.1, -0.05) is 24.3 Å². The smallest absolute Gasteiger partial charge is 0.0718 e. The van der Waals surface area contributed by atoms with Gasteiger partial charge in [0.25, 0.3) is 0 Å². The van der Waals surface area contributed by atoms with E-state index in [1.165, 1.54) is 0 Å². The fourth-order valence-corrected chi connectivity index (χ4v) is 1.28. The number of carboxylic acid groups (broad SMARTS) is 1. The molecule has 0 fully saturated rings. The summed E-state index contributed by atoms with van der Waals surface area (Å²) in [5, 5.41) is 10.7. The van der Waals surface area contributed by atoms with Crippen LogP contribution in [0.15, 0.2) is 24.3 Å². The number of rotatable bonds is 4. The molecule has 0 saturated heterocycles. The number of carbonyl (C=O) groups is 1. The first-order chi connectivity index (χ1) is 6.61. The van der Waals surface area contributed by atoms with E-state index in [2.05, 4.69) is 0 Å². The quantitative estimate of drug-likeness (QED) is 0.682. The highest BCUT2D eigenvalue weighted by atomic mass is 16.4. The molecule has 1 aromatic carbocycles. The topological polar surface area (TPSA) is 43.4 Å². The molecular weight excluding hydrogens is 178 g/mol. The number of aromatic carboxylic acids is 1. The van der Waals surface area contributed by atoms with Crippen molar-refractivity contribution in [1.29, 1.82) is 0 Å². The van der Waals surface area contributed by atoms with Gasteiger partial charge in [-0.2, -0.15) is 0 Å². The van der Waals surface area contributed by atoms with Crippen LogP contribution in [0.5, 0.6) is 0 Å². The van der Waals surface area contributed by atoms with Gasteiger partial charge in [0.05, 0.1) is 5.97 Å². The molecule has 3 nitrogen and oxygen atoms in total. The monoisotopic (exact) mass is 192 g/mol. The summed E-state index contributed by atoms with van der Waals surface area (Å²) in [6.45, 7) is 0.838. The molecule has 0 spiro atoms. The van der Waals surface area contributed by atoms with Gasteiger partial charge in [-0.15, -0.1) is 0 Å². The Morgan fingerprint density at radius 3 is 2.57 bits per heavy atom. The first-order valence-corrected chi connectivity index (χ1v) is 4.55. The van der Waals surface area contributed by atoms with Crippen LogP contribution in [0.25, 0.3) is 0 Å². The molecule has 1 aromatic rings. The highest BCUT2D eigenvalue weighted by Gasteiger charge is 2.02. The van der Waals surface area contributed by atoms with Gasteiger partial charge >= 0.3 is 0 Å². The molecule has 0 unspecified atom stereocenters. The number of likely N-dealkylation sites (N-methyl/N-ethyl adjacent to an activating group) is 1. The molecule has 0 aromatic heterocycles. The van der Waals surface area contributed by atoms with Crippen molar-refractivity contribution in [3.8, 4) is 0 Å². The Kier molecular flexibility index (Phi) is 3.65. The van der Waals surface area contributed by atoms with E-state index in [4.69, 9.17) is 0 Å². The first kappa shape index (κ1) is 10.7. The van der Waals surface area contributed by atoms with E-state index in [1.54, 1.807) is 12.1 Å². The summed E-state index contributed by atoms with van der Waals surface area (Å²) in [6.07, 6.45) is 0.733. The molecule has 0 aliphatic carbocycles. The minimum atomic E-state index is -1.10. The highest BCUT2D eigenvalue weighted by molar-refractivity contribution is 5.87. The lowest BCUT2D eigenvalue weighted by Crippen LogP contribution is -2.25. The molecule has 0 N–H and O–H groups in total. The molecule has 0 heterocycles. The molecule has 0 bridgehead atoms.